The summed E-state index contributed by atoms with van der Waals surface area (Å²) in [5.41, 5.74) is 5.52. The number of ether oxygens (including phenoxy) is 2. The van der Waals surface area contributed by atoms with Crippen molar-refractivity contribution in [2.24, 2.45) is 5.73 Å². The molecule has 0 aliphatic carbocycles. The second-order valence-electron chi connectivity index (χ2n) is 5.52. The fourth-order valence-corrected chi connectivity index (χ4v) is 2.36. The first-order chi connectivity index (χ1) is 13.4. The lowest BCUT2D eigenvalue weighted by atomic mass is 10.2. The van der Waals surface area contributed by atoms with Gasteiger partial charge < -0.3 is 24.8 Å². The third-order valence-electron chi connectivity index (χ3n) is 3.46. The van der Waals surface area contributed by atoms with Crippen LogP contribution in [0.15, 0.2) is 41.1 Å². The molecule has 1 amide bonds. The number of carbonyl (C=O) groups is 1. The molecule has 28 heavy (non-hydrogen) atoms. The fourth-order valence-electron chi connectivity index (χ4n) is 2.22. The Bertz CT molecular complexity index is 966. The van der Waals surface area contributed by atoms with Crippen molar-refractivity contribution >= 4 is 17.7 Å². The van der Waals surface area contributed by atoms with Crippen LogP contribution < -0.4 is 10.5 Å². The van der Waals surface area contributed by atoms with Crippen LogP contribution >= 0.6 is 11.6 Å². The average Bonchev–Trinajstić information content (AvgIpc) is 3.12. The number of rotatable bonds is 7. The molecule has 9 nitrogen and oxygen atoms in total. The van der Waals surface area contributed by atoms with E-state index in [1.54, 1.807) is 24.3 Å². The first-order valence-electron chi connectivity index (χ1n) is 7.93. The molecular weight excluding hydrogens is 395 g/mol. The van der Waals surface area contributed by atoms with Gasteiger partial charge >= 0.3 is 6.09 Å². The molecule has 2 heterocycles. The lowest BCUT2D eigenvalue weighted by Crippen LogP contribution is -2.27. The molecule has 0 saturated heterocycles. The zero-order chi connectivity index (χ0) is 20.1. The number of primary amides is 1. The Kier molecular flexibility index (Phi) is 6.02. The Morgan fingerprint density at radius 1 is 1.36 bits per heavy atom. The number of carbonyl (C=O) groups excluding carboxylic acids is 1. The molecule has 2 aromatic heterocycles. The Labute approximate surface area is 162 Å². The number of halogens is 2. The van der Waals surface area contributed by atoms with Crippen molar-refractivity contribution < 1.29 is 28.3 Å². The standard InChI is InChI=1S/C17H14ClFN4O5/c18-10-5-13(19)16(21-7-10)26-11-3-1-9(2-4-11)15-22-14(28-23-15)6-12(8-24)27-17(20)25/h1-5,7,12,24H,6,8H2,(H2,20,25)/t12-/m1/s1. The first-order valence-corrected chi connectivity index (χ1v) is 8.31. The van der Waals surface area contributed by atoms with E-state index < -0.39 is 24.6 Å². The quantitative estimate of drug-likeness (QED) is 0.609. The van der Waals surface area contributed by atoms with Crippen molar-refractivity contribution in [1.29, 1.82) is 0 Å². The molecule has 0 fully saturated rings. The minimum absolute atomic E-state index is 0.00908. The zero-order valence-electron chi connectivity index (χ0n) is 14.2. The number of nitrogens with two attached hydrogens (primary N) is 1. The van der Waals surface area contributed by atoms with Crippen LogP contribution in [-0.2, 0) is 11.2 Å². The summed E-state index contributed by atoms with van der Waals surface area (Å²) in [5, 5.41) is 13.2. The molecular formula is C17H14ClFN4O5. The van der Waals surface area contributed by atoms with Crippen LogP contribution in [0.25, 0.3) is 11.4 Å². The molecule has 0 saturated carbocycles. The molecule has 3 rings (SSSR count). The van der Waals surface area contributed by atoms with Crippen molar-refractivity contribution in [2.75, 3.05) is 6.61 Å². The largest absolute Gasteiger partial charge is 0.443 e. The number of aromatic nitrogens is 3. The van der Waals surface area contributed by atoms with Gasteiger partial charge in [-0.05, 0) is 30.3 Å². The second-order valence-corrected chi connectivity index (χ2v) is 5.96. The van der Waals surface area contributed by atoms with Crippen molar-refractivity contribution in [3.8, 4) is 23.0 Å². The Morgan fingerprint density at radius 3 is 2.75 bits per heavy atom. The summed E-state index contributed by atoms with van der Waals surface area (Å²) < 4.78 is 28.9. The van der Waals surface area contributed by atoms with E-state index >= 15 is 0 Å². The fraction of sp³-hybridized carbons (Fsp3) is 0.176. The van der Waals surface area contributed by atoms with Gasteiger partial charge in [-0.25, -0.2) is 14.2 Å². The number of benzene rings is 1. The number of amides is 1. The summed E-state index contributed by atoms with van der Waals surface area (Å²) in [6.45, 7) is -0.442. The molecule has 0 radical (unpaired) electrons. The van der Waals surface area contributed by atoms with Crippen LogP contribution in [0.4, 0.5) is 9.18 Å². The number of nitrogens with zero attached hydrogens (tertiary/aromatic N) is 3. The average molecular weight is 409 g/mol. The number of aliphatic hydroxyl groups is 1. The summed E-state index contributed by atoms with van der Waals surface area (Å²) in [4.78, 5) is 18.7. The molecule has 146 valence electrons. The summed E-state index contributed by atoms with van der Waals surface area (Å²) in [6.07, 6.45) is -0.615. The van der Waals surface area contributed by atoms with E-state index in [-0.39, 0.29) is 29.0 Å². The van der Waals surface area contributed by atoms with E-state index in [9.17, 15) is 14.3 Å². The van der Waals surface area contributed by atoms with E-state index in [0.29, 0.717) is 11.3 Å². The highest BCUT2D eigenvalue weighted by molar-refractivity contribution is 6.30. The van der Waals surface area contributed by atoms with E-state index in [4.69, 9.17) is 31.3 Å². The van der Waals surface area contributed by atoms with Gasteiger partial charge in [-0.1, -0.05) is 16.8 Å². The SMILES string of the molecule is NC(=O)O[C@@H](CO)Cc1nc(-c2ccc(Oc3ncc(Cl)cc3F)cc2)no1. The molecule has 0 aliphatic rings. The monoisotopic (exact) mass is 408 g/mol. The lowest BCUT2D eigenvalue weighted by Gasteiger charge is -2.10. The maximum Gasteiger partial charge on any atom is 0.404 e. The molecule has 11 heteroatoms. The van der Waals surface area contributed by atoms with Gasteiger partial charge in [0, 0.05) is 11.8 Å². The van der Waals surface area contributed by atoms with Crippen LogP contribution in [-0.4, -0.2) is 39.0 Å². The minimum Gasteiger partial charge on any atom is -0.443 e. The highest BCUT2D eigenvalue weighted by Gasteiger charge is 2.17. The van der Waals surface area contributed by atoms with E-state index in [2.05, 4.69) is 15.1 Å². The Hall–Kier alpha value is -3.24. The van der Waals surface area contributed by atoms with Crippen LogP contribution in [0, 0.1) is 5.82 Å². The molecule has 1 aromatic carbocycles. The van der Waals surface area contributed by atoms with Crippen LogP contribution in [0.3, 0.4) is 0 Å². The summed E-state index contributed by atoms with van der Waals surface area (Å²) in [5.74, 6) is -0.118. The number of hydrogen-bond acceptors (Lipinski definition) is 8. The van der Waals surface area contributed by atoms with Gasteiger partial charge in [-0.2, -0.15) is 4.98 Å². The van der Waals surface area contributed by atoms with Gasteiger partial charge in [0.2, 0.25) is 11.7 Å². The van der Waals surface area contributed by atoms with Gasteiger partial charge in [0.1, 0.15) is 11.9 Å². The molecule has 0 spiro atoms. The predicted octanol–water partition coefficient (Wildman–Crippen LogP) is 2.72. The third-order valence-corrected chi connectivity index (χ3v) is 3.66. The molecule has 3 N–H and O–H groups in total. The van der Waals surface area contributed by atoms with Crippen LogP contribution in [0.1, 0.15) is 5.89 Å². The maximum atomic E-state index is 13.7. The smallest absolute Gasteiger partial charge is 0.404 e. The normalized spacial score (nSPS) is 11.8. The summed E-state index contributed by atoms with van der Waals surface area (Å²) in [6, 6.07) is 7.53. The van der Waals surface area contributed by atoms with E-state index in [1.807, 2.05) is 0 Å². The number of hydrogen-bond donors (Lipinski definition) is 2. The van der Waals surface area contributed by atoms with Crippen molar-refractivity contribution in [3.63, 3.8) is 0 Å². The topological polar surface area (TPSA) is 134 Å². The van der Waals surface area contributed by atoms with Crippen molar-refractivity contribution in [2.45, 2.75) is 12.5 Å². The Balaban J connectivity index is 1.68. The van der Waals surface area contributed by atoms with Gasteiger partial charge in [0.15, 0.2) is 5.82 Å². The molecule has 0 unspecified atom stereocenters. The number of pyridine rings is 1. The van der Waals surface area contributed by atoms with Gasteiger partial charge in [-0.3, -0.25) is 0 Å². The summed E-state index contributed by atoms with van der Waals surface area (Å²) >= 11 is 5.65. The predicted molar refractivity (Wildman–Crippen MR) is 94.3 cm³/mol. The Morgan fingerprint density at radius 2 is 2.11 bits per heavy atom. The van der Waals surface area contributed by atoms with Gasteiger partial charge in [0.25, 0.3) is 5.88 Å². The van der Waals surface area contributed by atoms with Crippen molar-refractivity contribution in [3.05, 3.63) is 53.3 Å². The number of aliphatic hydroxyl groups excluding tert-OH is 1. The third kappa shape index (κ3) is 4.93. The van der Waals surface area contributed by atoms with Crippen LogP contribution in [0.5, 0.6) is 11.6 Å². The highest BCUT2D eigenvalue weighted by Crippen LogP contribution is 2.26. The molecule has 3 aromatic rings. The van der Waals surface area contributed by atoms with E-state index in [1.165, 1.54) is 6.20 Å². The second kappa shape index (κ2) is 8.63. The minimum atomic E-state index is -1.01. The van der Waals surface area contributed by atoms with Gasteiger partial charge in [-0.15, -0.1) is 0 Å². The van der Waals surface area contributed by atoms with Gasteiger partial charge in [0.05, 0.1) is 18.1 Å². The van der Waals surface area contributed by atoms with Crippen molar-refractivity contribution in [1.82, 2.24) is 15.1 Å². The summed E-state index contributed by atoms with van der Waals surface area (Å²) in [7, 11) is 0. The lowest BCUT2D eigenvalue weighted by molar-refractivity contribution is 0.0592. The molecule has 0 aliphatic heterocycles. The first kappa shape index (κ1) is 19.5. The maximum absolute atomic E-state index is 13.7. The van der Waals surface area contributed by atoms with Crippen LogP contribution in [0.2, 0.25) is 5.02 Å². The highest BCUT2D eigenvalue weighted by atomic mass is 35.5. The zero-order valence-corrected chi connectivity index (χ0v) is 15.0. The molecule has 1 atom stereocenters. The molecule has 0 bridgehead atoms. The van der Waals surface area contributed by atoms with E-state index in [0.717, 1.165) is 6.07 Å².